The molecule has 0 atom stereocenters. The summed E-state index contributed by atoms with van der Waals surface area (Å²) in [6.07, 6.45) is 11.8. The fraction of sp³-hybridized carbons (Fsp3) is 0.464. The van der Waals surface area contributed by atoms with E-state index in [2.05, 4.69) is 175 Å². The summed E-state index contributed by atoms with van der Waals surface area (Å²) in [5.74, 6) is 3.25. The van der Waals surface area contributed by atoms with Crippen LogP contribution < -0.4 is 4.90 Å². The molecule has 1 nitrogen and oxygen atoms in total. The molecule has 58 heavy (non-hydrogen) atoms. The molecule has 4 bridgehead atoms. The minimum absolute atomic E-state index is 0.0303. The summed E-state index contributed by atoms with van der Waals surface area (Å²) in [6.45, 7) is 20.0. The Morgan fingerprint density at radius 2 is 0.948 bits per heavy atom. The van der Waals surface area contributed by atoms with Gasteiger partial charge in [-0.2, -0.15) is 0 Å². The molecule has 0 N–H and O–H groups in total. The summed E-state index contributed by atoms with van der Waals surface area (Å²) in [5.41, 5.74) is 16.5. The second-order valence-corrected chi connectivity index (χ2v) is 23.3. The highest BCUT2D eigenvalue weighted by atomic mass is 32.2. The predicted molar refractivity (Wildman–Crippen MR) is 246 cm³/mol. The van der Waals surface area contributed by atoms with Gasteiger partial charge in [-0.3, -0.25) is 0 Å². The molecule has 6 aliphatic carbocycles. The Morgan fingerprint density at radius 1 is 0.448 bits per heavy atom. The third-order valence-corrected chi connectivity index (χ3v) is 18.2. The molecule has 0 saturated heterocycles. The minimum atomic E-state index is 0.0303. The third kappa shape index (κ3) is 5.21. The van der Waals surface area contributed by atoms with Gasteiger partial charge in [0.2, 0.25) is 0 Å². The van der Waals surface area contributed by atoms with Gasteiger partial charge in [0.25, 0.3) is 0 Å². The van der Waals surface area contributed by atoms with Crippen LogP contribution in [0, 0.1) is 23.7 Å². The number of hydrogen-bond donors (Lipinski definition) is 0. The normalized spacial score (nSPS) is 28.6. The lowest BCUT2D eigenvalue weighted by atomic mass is 9.42. The molecule has 12 rings (SSSR count). The molecular formula is C56H63NS. The van der Waals surface area contributed by atoms with Crippen molar-refractivity contribution >= 4 is 28.8 Å². The highest BCUT2D eigenvalue weighted by molar-refractivity contribution is 7.99. The van der Waals surface area contributed by atoms with E-state index in [9.17, 15) is 0 Å². The molecule has 4 fully saturated rings. The van der Waals surface area contributed by atoms with Crippen LogP contribution in [0.25, 0.3) is 11.1 Å². The van der Waals surface area contributed by atoms with Gasteiger partial charge < -0.3 is 4.90 Å². The smallest absolute Gasteiger partial charge is 0.0551 e. The van der Waals surface area contributed by atoms with Crippen LogP contribution in [-0.2, 0) is 27.1 Å². The summed E-state index contributed by atoms with van der Waals surface area (Å²) >= 11 is 2.07. The largest absolute Gasteiger partial charge is 0.309 e. The van der Waals surface area contributed by atoms with Crippen molar-refractivity contribution in [2.75, 3.05) is 4.90 Å². The van der Waals surface area contributed by atoms with Crippen molar-refractivity contribution in [1.29, 1.82) is 0 Å². The summed E-state index contributed by atoms with van der Waals surface area (Å²) in [5, 5.41) is 0. The average molecular weight is 782 g/mol. The quantitative estimate of drug-likeness (QED) is 0.179. The van der Waals surface area contributed by atoms with Gasteiger partial charge in [0.15, 0.2) is 0 Å². The molecule has 0 radical (unpaired) electrons. The molecule has 1 aliphatic heterocycles. The number of fused-ring (bicyclic) bond motifs is 4. The first-order valence-corrected chi connectivity index (χ1v) is 23.6. The molecule has 7 aliphatic rings. The summed E-state index contributed by atoms with van der Waals surface area (Å²) < 4.78 is 0. The van der Waals surface area contributed by atoms with Gasteiger partial charge in [0, 0.05) is 20.8 Å². The van der Waals surface area contributed by atoms with Crippen LogP contribution in [-0.4, -0.2) is 0 Å². The van der Waals surface area contributed by atoms with E-state index < -0.39 is 0 Å². The van der Waals surface area contributed by atoms with Crippen LogP contribution in [0.1, 0.15) is 147 Å². The molecule has 298 valence electrons. The van der Waals surface area contributed by atoms with Crippen molar-refractivity contribution in [3.63, 3.8) is 0 Å². The number of anilines is 3. The van der Waals surface area contributed by atoms with Crippen LogP contribution in [0.5, 0.6) is 0 Å². The molecule has 0 unspecified atom stereocenters. The monoisotopic (exact) mass is 781 g/mol. The van der Waals surface area contributed by atoms with Gasteiger partial charge >= 0.3 is 0 Å². The Kier molecular flexibility index (Phi) is 8.12. The number of benzene rings is 5. The standard InChI is InChI=1S/C56H63NS/c1-52(2)26-28-54(5,6)49-41(52)19-14-21-45(49)57(46-22-15-20-42-50(46)55(7,8)29-27-53(42,3)4)44-25-24-43-51(48(44)37-16-10-9-11-17-37)58-47-23-13-12-18-40(47)56(43)38-31-35-30-36(33-38)34-39(56)32-35/h9-25,35-36,38-39H,26-34H2,1-8H3. The van der Waals surface area contributed by atoms with Crippen molar-refractivity contribution in [2.45, 2.75) is 150 Å². The number of nitrogens with zero attached hydrogens (tertiary/aromatic N) is 1. The fourth-order valence-electron chi connectivity index (χ4n) is 14.2. The highest BCUT2D eigenvalue weighted by Gasteiger charge is 2.61. The van der Waals surface area contributed by atoms with Crippen LogP contribution in [0.2, 0.25) is 0 Å². The molecule has 2 heteroatoms. The van der Waals surface area contributed by atoms with Gasteiger partial charge in [-0.25, -0.2) is 0 Å². The molecule has 0 aromatic heterocycles. The Labute approximate surface area is 353 Å². The topological polar surface area (TPSA) is 3.24 Å². The van der Waals surface area contributed by atoms with Crippen molar-refractivity contribution in [1.82, 2.24) is 0 Å². The van der Waals surface area contributed by atoms with E-state index in [1.807, 2.05) is 0 Å². The zero-order valence-electron chi connectivity index (χ0n) is 36.3. The molecule has 0 amide bonds. The van der Waals surface area contributed by atoms with Crippen LogP contribution in [0.4, 0.5) is 17.1 Å². The lowest BCUT2D eigenvalue weighted by molar-refractivity contribution is -0.0443. The van der Waals surface area contributed by atoms with Gasteiger partial charge in [0.1, 0.15) is 0 Å². The first-order valence-electron chi connectivity index (χ1n) is 22.8. The molecule has 5 aromatic carbocycles. The second-order valence-electron chi connectivity index (χ2n) is 22.2. The average Bonchev–Trinajstić information content (AvgIpc) is 3.20. The summed E-state index contributed by atoms with van der Waals surface area (Å²) in [4.78, 5) is 5.80. The van der Waals surface area contributed by atoms with E-state index in [0.717, 1.165) is 11.8 Å². The van der Waals surface area contributed by atoms with Gasteiger partial charge in [-0.15, -0.1) is 0 Å². The first kappa shape index (κ1) is 37.3. The van der Waals surface area contributed by atoms with E-state index in [1.165, 1.54) is 118 Å². The first-order chi connectivity index (χ1) is 27.7. The predicted octanol–water partition coefficient (Wildman–Crippen LogP) is 15.7. The van der Waals surface area contributed by atoms with E-state index in [-0.39, 0.29) is 27.1 Å². The van der Waals surface area contributed by atoms with E-state index >= 15 is 0 Å². The zero-order valence-corrected chi connectivity index (χ0v) is 37.2. The lowest BCUT2D eigenvalue weighted by Gasteiger charge is -2.63. The van der Waals surface area contributed by atoms with Crippen molar-refractivity contribution in [2.24, 2.45) is 23.7 Å². The van der Waals surface area contributed by atoms with E-state index in [0.29, 0.717) is 11.8 Å². The van der Waals surface area contributed by atoms with Gasteiger partial charge in [0.05, 0.1) is 17.1 Å². The Bertz CT molecular complexity index is 2350. The van der Waals surface area contributed by atoms with Gasteiger partial charge in [-0.05, 0) is 166 Å². The Hall–Kier alpha value is -3.75. The Morgan fingerprint density at radius 3 is 1.52 bits per heavy atom. The fourth-order valence-corrected chi connectivity index (χ4v) is 15.6. The maximum absolute atomic E-state index is 2.80. The highest BCUT2D eigenvalue weighted by Crippen LogP contribution is 2.70. The summed E-state index contributed by atoms with van der Waals surface area (Å²) in [6, 6.07) is 41.1. The molecule has 5 aromatic rings. The number of rotatable bonds is 4. The maximum atomic E-state index is 2.80. The Balaban J connectivity index is 1.26. The molecule has 4 saturated carbocycles. The van der Waals surface area contributed by atoms with Crippen molar-refractivity contribution < 1.29 is 0 Å². The lowest BCUT2D eigenvalue weighted by Crippen LogP contribution is -2.57. The minimum Gasteiger partial charge on any atom is -0.309 e. The SMILES string of the molecule is CC1(C)CCC(C)(C)c2c(N(c3ccc4c(c3-c3ccccc3)Sc3ccccc3C43C4CC5CC(C4)CC3C5)c3cccc4c3C(C)(C)CCC4(C)C)cccc21. The molecule has 1 heterocycles. The maximum Gasteiger partial charge on any atom is 0.0551 e. The van der Waals surface area contributed by atoms with E-state index in [1.54, 1.807) is 11.1 Å². The van der Waals surface area contributed by atoms with Crippen molar-refractivity contribution in [3.05, 3.63) is 137 Å². The van der Waals surface area contributed by atoms with Crippen molar-refractivity contribution in [3.8, 4) is 11.1 Å². The van der Waals surface area contributed by atoms with Gasteiger partial charge in [-0.1, -0.05) is 146 Å². The number of hydrogen-bond acceptors (Lipinski definition) is 2. The van der Waals surface area contributed by atoms with Crippen LogP contribution >= 0.6 is 11.8 Å². The van der Waals surface area contributed by atoms with Crippen LogP contribution in [0.15, 0.2) is 113 Å². The zero-order chi connectivity index (χ0) is 40.0. The summed E-state index contributed by atoms with van der Waals surface area (Å²) in [7, 11) is 0. The van der Waals surface area contributed by atoms with E-state index in [4.69, 9.17) is 0 Å². The van der Waals surface area contributed by atoms with Crippen LogP contribution in [0.3, 0.4) is 0 Å². The molecule has 1 spiro atoms. The third-order valence-electron chi connectivity index (χ3n) is 17.0. The second kappa shape index (κ2) is 12.6. The molecular weight excluding hydrogens is 719 g/mol.